The van der Waals surface area contributed by atoms with E-state index in [0.29, 0.717) is 5.56 Å². The van der Waals surface area contributed by atoms with E-state index in [9.17, 15) is 23.3 Å². The monoisotopic (exact) mass is 378 g/mol. The molecule has 2 N–H and O–H groups in total. The molecule has 9 heteroatoms. The second-order valence-corrected chi connectivity index (χ2v) is 7.54. The van der Waals surface area contributed by atoms with Crippen molar-refractivity contribution in [3.8, 4) is 0 Å². The van der Waals surface area contributed by atoms with E-state index in [1.807, 2.05) is 6.92 Å². The number of para-hydroxylation sites is 1. The molecule has 8 nitrogen and oxygen atoms in total. The van der Waals surface area contributed by atoms with Crippen molar-refractivity contribution in [2.45, 2.75) is 31.2 Å². The predicted octanol–water partition coefficient (Wildman–Crippen LogP) is 2.71. The molecule has 0 saturated heterocycles. The lowest BCUT2D eigenvalue weighted by atomic mass is 10.0. The van der Waals surface area contributed by atoms with Crippen LogP contribution in [0.15, 0.2) is 47.4 Å². The van der Waals surface area contributed by atoms with Crippen LogP contribution in [-0.2, 0) is 14.8 Å². The Morgan fingerprint density at radius 2 is 1.88 bits per heavy atom. The van der Waals surface area contributed by atoms with Gasteiger partial charge in [-0.15, -0.1) is 0 Å². The Morgan fingerprint density at radius 3 is 2.46 bits per heavy atom. The number of hydrogen-bond donors (Lipinski definition) is 2. The Morgan fingerprint density at radius 1 is 1.23 bits per heavy atom. The number of carbonyl (C=O) groups is 1. The van der Waals surface area contributed by atoms with E-state index in [-0.39, 0.29) is 16.1 Å². The molecule has 2 rings (SSSR count). The van der Waals surface area contributed by atoms with Crippen molar-refractivity contribution in [1.82, 2.24) is 4.72 Å². The molecule has 2 aromatic carbocycles. The molecule has 0 aliphatic heterocycles. The molecule has 0 fully saturated rings. The van der Waals surface area contributed by atoms with Crippen LogP contribution in [0.4, 0.5) is 5.69 Å². The Hall–Kier alpha value is -2.78. The lowest BCUT2D eigenvalue weighted by Crippen LogP contribution is -2.31. The number of sulfonamides is 1. The molecule has 138 valence electrons. The van der Waals surface area contributed by atoms with Crippen molar-refractivity contribution in [2.24, 2.45) is 0 Å². The van der Waals surface area contributed by atoms with Crippen LogP contribution in [0.5, 0.6) is 0 Å². The first kappa shape index (κ1) is 19.5. The second kappa shape index (κ2) is 7.63. The summed E-state index contributed by atoms with van der Waals surface area (Å²) < 4.78 is 27.8. The SMILES string of the molecule is Cc1ccc(S(=O)(=O)NC(CC(=O)O)c2ccccc2[N+](=O)[O-])c(C)c1. The fourth-order valence-corrected chi connectivity index (χ4v) is 4.13. The highest BCUT2D eigenvalue weighted by atomic mass is 32.2. The standard InChI is InChI=1S/C17H18N2O6S/c1-11-7-8-16(12(2)9-11)26(24,25)18-14(10-17(20)21)13-5-3-4-6-15(13)19(22)23/h3-9,14,18H,10H2,1-2H3,(H,20,21). The second-order valence-electron chi connectivity index (χ2n) is 5.86. The molecule has 1 atom stereocenters. The van der Waals surface area contributed by atoms with Crippen molar-refractivity contribution >= 4 is 21.7 Å². The van der Waals surface area contributed by atoms with Gasteiger partial charge in [0, 0.05) is 11.6 Å². The molecule has 0 spiro atoms. The molecule has 0 bridgehead atoms. The molecule has 0 saturated carbocycles. The number of nitrogens with one attached hydrogen (secondary N) is 1. The van der Waals surface area contributed by atoms with Gasteiger partial charge in [-0.3, -0.25) is 14.9 Å². The zero-order chi connectivity index (χ0) is 19.5. The Bertz CT molecular complexity index is 955. The summed E-state index contributed by atoms with van der Waals surface area (Å²) in [5, 5.41) is 20.3. The number of rotatable bonds is 7. The molecule has 0 aromatic heterocycles. The molecule has 1 unspecified atom stereocenters. The summed E-state index contributed by atoms with van der Waals surface area (Å²) in [4.78, 5) is 21.7. The van der Waals surface area contributed by atoms with E-state index < -0.39 is 33.4 Å². The van der Waals surface area contributed by atoms with Crippen LogP contribution in [-0.4, -0.2) is 24.4 Å². The smallest absolute Gasteiger partial charge is 0.305 e. The zero-order valence-electron chi connectivity index (χ0n) is 14.2. The number of carboxylic acid groups (broad SMARTS) is 1. The van der Waals surface area contributed by atoms with Crippen LogP contribution in [0.2, 0.25) is 0 Å². The highest BCUT2D eigenvalue weighted by molar-refractivity contribution is 7.89. The molecular weight excluding hydrogens is 360 g/mol. The maximum Gasteiger partial charge on any atom is 0.305 e. The minimum atomic E-state index is -4.08. The van der Waals surface area contributed by atoms with Gasteiger partial charge >= 0.3 is 5.97 Å². The number of carboxylic acids is 1. The van der Waals surface area contributed by atoms with E-state index >= 15 is 0 Å². The minimum Gasteiger partial charge on any atom is -0.481 e. The van der Waals surface area contributed by atoms with Gasteiger partial charge in [0.05, 0.1) is 22.3 Å². The summed E-state index contributed by atoms with van der Waals surface area (Å²) in [6, 6.07) is 8.92. The molecule has 2 aromatic rings. The predicted molar refractivity (Wildman–Crippen MR) is 94.3 cm³/mol. The summed E-state index contributed by atoms with van der Waals surface area (Å²) in [6.07, 6.45) is -0.630. The summed E-state index contributed by atoms with van der Waals surface area (Å²) in [7, 11) is -4.08. The third-order valence-electron chi connectivity index (χ3n) is 3.80. The molecule has 0 heterocycles. The number of aryl methyl sites for hydroxylation is 2. The lowest BCUT2D eigenvalue weighted by Gasteiger charge is -2.18. The lowest BCUT2D eigenvalue weighted by molar-refractivity contribution is -0.385. The maximum absolute atomic E-state index is 12.7. The summed E-state index contributed by atoms with van der Waals surface area (Å²) in [6.45, 7) is 3.44. The zero-order valence-corrected chi connectivity index (χ0v) is 15.0. The van der Waals surface area contributed by atoms with E-state index in [1.165, 1.54) is 30.3 Å². The van der Waals surface area contributed by atoms with Crippen molar-refractivity contribution in [1.29, 1.82) is 0 Å². The first-order valence-corrected chi connectivity index (χ1v) is 9.15. The van der Waals surface area contributed by atoms with Gasteiger partial charge in [-0.2, -0.15) is 0 Å². The summed E-state index contributed by atoms with van der Waals surface area (Å²) >= 11 is 0. The molecule has 26 heavy (non-hydrogen) atoms. The molecule has 0 aliphatic rings. The van der Waals surface area contributed by atoms with Gasteiger partial charge in [0.2, 0.25) is 10.0 Å². The van der Waals surface area contributed by atoms with Crippen molar-refractivity contribution < 1.29 is 23.2 Å². The van der Waals surface area contributed by atoms with Crippen LogP contribution in [0.3, 0.4) is 0 Å². The average molecular weight is 378 g/mol. The third-order valence-corrected chi connectivity index (χ3v) is 5.44. The Labute approximate surface area is 150 Å². The van der Waals surface area contributed by atoms with Crippen LogP contribution >= 0.6 is 0 Å². The largest absolute Gasteiger partial charge is 0.481 e. The molecular formula is C17H18N2O6S. The fraction of sp³-hybridized carbons (Fsp3) is 0.235. The van der Waals surface area contributed by atoms with Crippen molar-refractivity contribution in [3.05, 3.63) is 69.3 Å². The van der Waals surface area contributed by atoms with Gasteiger partial charge in [-0.25, -0.2) is 13.1 Å². The normalized spacial score (nSPS) is 12.5. The van der Waals surface area contributed by atoms with Gasteiger partial charge < -0.3 is 5.11 Å². The maximum atomic E-state index is 12.7. The van der Waals surface area contributed by atoms with Crippen LogP contribution in [0, 0.1) is 24.0 Å². The van der Waals surface area contributed by atoms with Crippen LogP contribution in [0.25, 0.3) is 0 Å². The summed E-state index contributed by atoms with van der Waals surface area (Å²) in [5.41, 5.74) is 1.02. The minimum absolute atomic E-state index is 0.00271. The van der Waals surface area contributed by atoms with Gasteiger partial charge in [-0.1, -0.05) is 35.9 Å². The van der Waals surface area contributed by atoms with Crippen molar-refractivity contribution in [2.75, 3.05) is 0 Å². The number of nitro benzene ring substituents is 1. The van der Waals surface area contributed by atoms with Crippen LogP contribution < -0.4 is 4.72 Å². The topological polar surface area (TPSA) is 127 Å². The quantitative estimate of drug-likeness (QED) is 0.563. The van der Waals surface area contributed by atoms with Gasteiger partial charge in [0.15, 0.2) is 0 Å². The number of benzene rings is 2. The molecule has 0 radical (unpaired) electrons. The molecule has 0 aliphatic carbocycles. The van der Waals surface area contributed by atoms with E-state index in [1.54, 1.807) is 19.1 Å². The van der Waals surface area contributed by atoms with E-state index in [2.05, 4.69) is 4.72 Å². The highest BCUT2D eigenvalue weighted by Crippen LogP contribution is 2.29. The average Bonchev–Trinajstić information content (AvgIpc) is 2.53. The fourth-order valence-electron chi connectivity index (χ4n) is 2.69. The first-order valence-electron chi connectivity index (χ1n) is 7.66. The Balaban J connectivity index is 2.49. The van der Waals surface area contributed by atoms with Gasteiger partial charge in [-0.05, 0) is 25.5 Å². The van der Waals surface area contributed by atoms with Crippen LogP contribution in [0.1, 0.15) is 29.2 Å². The van der Waals surface area contributed by atoms with Crippen molar-refractivity contribution in [3.63, 3.8) is 0 Å². The third kappa shape index (κ3) is 4.44. The number of nitrogens with zero attached hydrogens (tertiary/aromatic N) is 1. The van der Waals surface area contributed by atoms with E-state index in [0.717, 1.165) is 5.56 Å². The van der Waals surface area contributed by atoms with E-state index in [4.69, 9.17) is 5.11 Å². The van der Waals surface area contributed by atoms with Gasteiger partial charge in [0.25, 0.3) is 5.69 Å². The first-order chi connectivity index (χ1) is 12.1. The number of aliphatic carboxylic acids is 1. The number of nitro groups is 1. The molecule has 0 amide bonds. The number of hydrogen-bond acceptors (Lipinski definition) is 5. The van der Waals surface area contributed by atoms with Gasteiger partial charge in [0.1, 0.15) is 0 Å². The Kier molecular flexibility index (Phi) is 5.73. The highest BCUT2D eigenvalue weighted by Gasteiger charge is 2.29. The summed E-state index contributed by atoms with van der Waals surface area (Å²) in [5.74, 6) is -1.28.